The zero-order valence-corrected chi connectivity index (χ0v) is 13.2. The average molecular weight is 298 g/mol. The molecule has 0 bridgehead atoms. The van der Waals surface area contributed by atoms with Crippen molar-refractivity contribution in [2.24, 2.45) is 0 Å². The molecule has 1 aromatic rings. The molecule has 1 amide bonds. The van der Waals surface area contributed by atoms with Gasteiger partial charge in [-0.3, -0.25) is 4.79 Å². The Kier molecular flexibility index (Phi) is 5.30. The highest BCUT2D eigenvalue weighted by molar-refractivity contribution is 7.89. The Morgan fingerprint density at radius 3 is 2.20 bits per heavy atom. The number of rotatable bonds is 5. The van der Waals surface area contributed by atoms with Crippen LogP contribution >= 0.6 is 0 Å². The molecule has 0 aromatic heterocycles. The van der Waals surface area contributed by atoms with Crippen LogP contribution in [-0.2, 0) is 14.8 Å². The van der Waals surface area contributed by atoms with Crippen molar-refractivity contribution in [2.75, 3.05) is 13.1 Å². The van der Waals surface area contributed by atoms with Gasteiger partial charge in [-0.05, 0) is 32.9 Å². The van der Waals surface area contributed by atoms with Gasteiger partial charge in [0.2, 0.25) is 15.9 Å². The first kappa shape index (κ1) is 16.7. The van der Waals surface area contributed by atoms with Crippen LogP contribution in [0.1, 0.15) is 27.7 Å². The smallest absolute Gasteiger partial charge is 0.240 e. The molecule has 0 atom stereocenters. The monoisotopic (exact) mass is 298 g/mol. The van der Waals surface area contributed by atoms with Crippen LogP contribution in [0.2, 0.25) is 0 Å². The maximum atomic E-state index is 12.0. The molecule has 112 valence electrons. The summed E-state index contributed by atoms with van der Waals surface area (Å²) in [5, 5.41) is 0. The molecule has 0 aliphatic heterocycles. The molecule has 0 spiro atoms. The van der Waals surface area contributed by atoms with Crippen molar-refractivity contribution in [1.29, 1.82) is 0 Å². The molecule has 0 radical (unpaired) electrons. The van der Waals surface area contributed by atoms with Crippen molar-refractivity contribution in [3.05, 3.63) is 30.3 Å². The van der Waals surface area contributed by atoms with Crippen LogP contribution in [0.15, 0.2) is 35.2 Å². The number of benzene rings is 1. The minimum atomic E-state index is -3.52. The third-order valence-corrected chi connectivity index (χ3v) is 4.35. The fourth-order valence-electron chi connectivity index (χ4n) is 1.94. The van der Waals surface area contributed by atoms with Crippen molar-refractivity contribution in [2.45, 2.75) is 38.1 Å². The molecule has 0 aliphatic rings. The number of amides is 1. The molecule has 5 nitrogen and oxygen atoms in total. The van der Waals surface area contributed by atoms with Crippen molar-refractivity contribution in [3.8, 4) is 0 Å². The second-order valence-corrected chi connectivity index (χ2v) is 7.32. The highest BCUT2D eigenvalue weighted by atomic mass is 32.2. The minimum absolute atomic E-state index is 0.0728. The van der Waals surface area contributed by atoms with Crippen LogP contribution in [0.4, 0.5) is 0 Å². The normalized spacial score (nSPS) is 12.2. The topological polar surface area (TPSA) is 66.5 Å². The van der Waals surface area contributed by atoms with E-state index in [1.54, 1.807) is 23.1 Å². The number of nitrogens with zero attached hydrogens (tertiary/aromatic N) is 1. The molecule has 1 rings (SSSR count). The Bertz CT molecular complexity index is 548. The van der Waals surface area contributed by atoms with Crippen LogP contribution in [0.25, 0.3) is 0 Å². The fourth-order valence-corrected chi connectivity index (χ4v) is 2.98. The van der Waals surface area contributed by atoms with E-state index in [0.717, 1.165) is 0 Å². The third kappa shape index (κ3) is 4.61. The first-order valence-corrected chi connectivity index (χ1v) is 7.96. The number of hydrogen-bond acceptors (Lipinski definition) is 3. The minimum Gasteiger partial charge on any atom is -0.337 e. The summed E-state index contributed by atoms with van der Waals surface area (Å²) in [7, 11) is -3.52. The zero-order chi connectivity index (χ0) is 15.4. The lowest BCUT2D eigenvalue weighted by molar-refractivity contribution is -0.133. The predicted molar refractivity (Wildman–Crippen MR) is 78.8 cm³/mol. The summed E-state index contributed by atoms with van der Waals surface area (Å²) < 4.78 is 26.5. The first-order chi connectivity index (χ1) is 9.14. The quantitative estimate of drug-likeness (QED) is 0.898. The molecular formula is C14H22N2O3S. The van der Waals surface area contributed by atoms with Gasteiger partial charge in [0.05, 0.1) is 4.90 Å². The van der Waals surface area contributed by atoms with E-state index in [2.05, 4.69) is 4.72 Å². The van der Waals surface area contributed by atoms with Crippen molar-refractivity contribution in [1.82, 2.24) is 9.62 Å². The molecule has 0 saturated heterocycles. The molecule has 1 N–H and O–H groups in total. The number of carbonyl (C=O) groups excluding carboxylic acids is 1. The van der Waals surface area contributed by atoms with Crippen LogP contribution in [0.3, 0.4) is 0 Å². The number of hydrogen-bond donors (Lipinski definition) is 1. The van der Waals surface area contributed by atoms with Crippen molar-refractivity contribution in [3.63, 3.8) is 0 Å². The Labute approximate surface area is 121 Å². The average Bonchev–Trinajstić information content (AvgIpc) is 2.33. The highest BCUT2D eigenvalue weighted by Crippen LogP contribution is 2.13. The molecule has 6 heteroatoms. The van der Waals surface area contributed by atoms with E-state index in [0.29, 0.717) is 6.54 Å². The Morgan fingerprint density at radius 2 is 1.75 bits per heavy atom. The van der Waals surface area contributed by atoms with E-state index in [1.807, 2.05) is 20.8 Å². The number of carbonyl (C=O) groups is 1. The summed E-state index contributed by atoms with van der Waals surface area (Å²) in [6.45, 7) is 7.76. The van der Waals surface area contributed by atoms with Gasteiger partial charge in [-0.25, -0.2) is 13.1 Å². The van der Waals surface area contributed by atoms with Crippen LogP contribution in [0, 0.1) is 0 Å². The molecule has 0 aliphatic carbocycles. The van der Waals surface area contributed by atoms with Gasteiger partial charge in [0.15, 0.2) is 0 Å². The molecule has 0 heterocycles. The zero-order valence-electron chi connectivity index (χ0n) is 12.4. The van der Waals surface area contributed by atoms with Gasteiger partial charge < -0.3 is 4.90 Å². The maximum Gasteiger partial charge on any atom is 0.240 e. The number of nitrogens with one attached hydrogen (secondary N) is 1. The third-order valence-electron chi connectivity index (χ3n) is 2.87. The van der Waals surface area contributed by atoms with Gasteiger partial charge in [-0.2, -0.15) is 0 Å². The predicted octanol–water partition coefficient (Wildman–Crippen LogP) is 1.61. The maximum absolute atomic E-state index is 12.0. The summed E-state index contributed by atoms with van der Waals surface area (Å²) in [4.78, 5) is 13.4. The lowest BCUT2D eigenvalue weighted by atomic mass is 10.1. The van der Waals surface area contributed by atoms with Gasteiger partial charge >= 0.3 is 0 Å². The van der Waals surface area contributed by atoms with E-state index in [1.165, 1.54) is 19.1 Å². The fraction of sp³-hybridized carbons (Fsp3) is 0.500. The summed E-state index contributed by atoms with van der Waals surface area (Å²) in [6, 6.07) is 8.18. The number of sulfonamides is 1. The molecule has 0 unspecified atom stereocenters. The lowest BCUT2D eigenvalue weighted by Crippen LogP contribution is -2.48. The molecular weight excluding hydrogens is 276 g/mol. The Balaban J connectivity index is 2.66. The molecule has 20 heavy (non-hydrogen) atoms. The summed E-state index contributed by atoms with van der Waals surface area (Å²) in [5.74, 6) is -0.0728. The van der Waals surface area contributed by atoms with Gasteiger partial charge in [0, 0.05) is 25.6 Å². The largest absolute Gasteiger partial charge is 0.337 e. The van der Waals surface area contributed by atoms with E-state index in [-0.39, 0.29) is 22.9 Å². The first-order valence-electron chi connectivity index (χ1n) is 6.47. The summed E-state index contributed by atoms with van der Waals surface area (Å²) >= 11 is 0. The Morgan fingerprint density at radius 1 is 1.20 bits per heavy atom. The second-order valence-electron chi connectivity index (χ2n) is 5.55. The van der Waals surface area contributed by atoms with E-state index in [4.69, 9.17) is 0 Å². The van der Waals surface area contributed by atoms with Gasteiger partial charge in [-0.1, -0.05) is 18.2 Å². The van der Waals surface area contributed by atoms with Gasteiger partial charge in [-0.15, -0.1) is 0 Å². The molecule has 1 aromatic carbocycles. The highest BCUT2D eigenvalue weighted by Gasteiger charge is 2.23. The summed E-state index contributed by atoms with van der Waals surface area (Å²) in [5.41, 5.74) is -0.329. The summed E-state index contributed by atoms with van der Waals surface area (Å²) in [6.07, 6.45) is 0. The van der Waals surface area contributed by atoms with Crippen LogP contribution in [-0.4, -0.2) is 37.9 Å². The SMILES string of the molecule is CC(=O)N(CCNS(=O)(=O)c1ccccc1)C(C)(C)C. The van der Waals surface area contributed by atoms with Crippen molar-refractivity contribution >= 4 is 15.9 Å². The van der Waals surface area contributed by atoms with Crippen LogP contribution < -0.4 is 4.72 Å². The Hall–Kier alpha value is -1.40. The van der Waals surface area contributed by atoms with E-state index in [9.17, 15) is 13.2 Å². The molecule has 0 saturated carbocycles. The standard InChI is InChI=1S/C14H22N2O3S/c1-12(17)16(14(2,3)4)11-10-15-20(18,19)13-8-6-5-7-9-13/h5-9,15H,10-11H2,1-4H3. The van der Waals surface area contributed by atoms with E-state index >= 15 is 0 Å². The van der Waals surface area contributed by atoms with Gasteiger partial charge in [0.25, 0.3) is 0 Å². The van der Waals surface area contributed by atoms with Gasteiger partial charge in [0.1, 0.15) is 0 Å². The molecule has 0 fully saturated rings. The van der Waals surface area contributed by atoms with Crippen molar-refractivity contribution < 1.29 is 13.2 Å². The lowest BCUT2D eigenvalue weighted by Gasteiger charge is -2.35. The van der Waals surface area contributed by atoms with Crippen LogP contribution in [0.5, 0.6) is 0 Å². The van der Waals surface area contributed by atoms with E-state index < -0.39 is 10.0 Å². The second kappa shape index (κ2) is 6.37.